The average Bonchev–Trinajstić information content (AvgIpc) is 3.42. The van der Waals surface area contributed by atoms with Crippen molar-refractivity contribution in [2.75, 3.05) is 20.3 Å². The van der Waals surface area contributed by atoms with Crippen molar-refractivity contribution in [2.24, 2.45) is 0 Å². The van der Waals surface area contributed by atoms with E-state index in [0.717, 1.165) is 17.9 Å². The summed E-state index contributed by atoms with van der Waals surface area (Å²) in [5.74, 6) is 1.15. The molecule has 0 bridgehead atoms. The Balaban J connectivity index is 1.65. The number of carbonyl (C=O) groups excluding carboxylic acids is 1. The van der Waals surface area contributed by atoms with Crippen LogP contribution in [-0.4, -0.2) is 32.3 Å². The zero-order valence-corrected chi connectivity index (χ0v) is 13.0. The van der Waals surface area contributed by atoms with Crippen molar-refractivity contribution in [3.8, 4) is 11.5 Å². The first-order valence-electron chi connectivity index (χ1n) is 7.51. The number of nitrogens with one attached hydrogen (secondary N) is 1. The summed E-state index contributed by atoms with van der Waals surface area (Å²) in [6.45, 7) is 1.59. The molecule has 5 nitrogen and oxygen atoms in total. The lowest BCUT2D eigenvalue weighted by atomic mass is 10.1. The van der Waals surface area contributed by atoms with Gasteiger partial charge in [0, 0.05) is 12.1 Å². The van der Waals surface area contributed by atoms with Gasteiger partial charge in [-0.15, -0.1) is 0 Å². The second-order valence-corrected chi connectivity index (χ2v) is 5.26. The topological polar surface area (TPSA) is 60.1 Å². The molecule has 2 aromatic carbocycles. The zero-order chi connectivity index (χ0) is 16.1. The molecule has 1 fully saturated rings. The molecule has 3 rings (SSSR count). The molecule has 0 aliphatic carbocycles. The van der Waals surface area contributed by atoms with Gasteiger partial charge in [-0.2, -0.15) is 0 Å². The van der Waals surface area contributed by atoms with Gasteiger partial charge in [0.25, 0.3) is 5.91 Å². The van der Waals surface area contributed by atoms with E-state index in [1.807, 2.05) is 36.4 Å². The Kier molecular flexibility index (Phi) is 4.78. The molecule has 120 valence electrons. The highest BCUT2D eigenvalue weighted by atomic mass is 16.6. The minimum absolute atomic E-state index is 0.152. The van der Waals surface area contributed by atoms with Crippen LogP contribution in [0.2, 0.25) is 0 Å². The number of carbonyl (C=O) groups is 1. The van der Waals surface area contributed by atoms with Crippen molar-refractivity contribution in [1.82, 2.24) is 5.32 Å². The third-order valence-electron chi connectivity index (χ3n) is 3.59. The van der Waals surface area contributed by atoms with E-state index in [1.165, 1.54) is 0 Å². The molecule has 1 aliphatic heterocycles. The third-order valence-corrected chi connectivity index (χ3v) is 3.59. The fourth-order valence-electron chi connectivity index (χ4n) is 2.25. The number of hydrogen-bond acceptors (Lipinski definition) is 4. The molecule has 1 atom stereocenters. The van der Waals surface area contributed by atoms with Crippen molar-refractivity contribution in [3.63, 3.8) is 0 Å². The maximum Gasteiger partial charge on any atom is 0.255 e. The van der Waals surface area contributed by atoms with Gasteiger partial charge in [-0.25, -0.2) is 0 Å². The zero-order valence-electron chi connectivity index (χ0n) is 13.0. The van der Waals surface area contributed by atoms with Crippen molar-refractivity contribution in [2.45, 2.75) is 12.6 Å². The van der Waals surface area contributed by atoms with Crippen LogP contribution in [0.15, 0.2) is 48.5 Å². The molecule has 1 unspecified atom stereocenters. The predicted molar refractivity (Wildman–Crippen MR) is 85.8 cm³/mol. The summed E-state index contributed by atoms with van der Waals surface area (Å²) in [7, 11) is 1.61. The number of amides is 1. The van der Waals surface area contributed by atoms with Gasteiger partial charge < -0.3 is 19.5 Å². The molecule has 5 heteroatoms. The third kappa shape index (κ3) is 4.02. The van der Waals surface area contributed by atoms with E-state index < -0.39 is 0 Å². The molecule has 1 heterocycles. The number of epoxide rings is 1. The smallest absolute Gasteiger partial charge is 0.255 e. The number of hydrogen-bond donors (Lipinski definition) is 1. The Morgan fingerprint density at radius 2 is 1.87 bits per heavy atom. The molecule has 0 spiro atoms. The quantitative estimate of drug-likeness (QED) is 0.798. The largest absolute Gasteiger partial charge is 0.496 e. The van der Waals surface area contributed by atoms with Crippen LogP contribution in [0.3, 0.4) is 0 Å². The first-order valence-corrected chi connectivity index (χ1v) is 7.51. The molecule has 1 saturated heterocycles. The first-order chi connectivity index (χ1) is 11.3. The second-order valence-electron chi connectivity index (χ2n) is 5.26. The molecule has 0 aromatic heterocycles. The lowest BCUT2D eigenvalue weighted by molar-refractivity contribution is 0.0946. The number of methoxy groups -OCH3 is 1. The maximum absolute atomic E-state index is 12.4. The average molecular weight is 313 g/mol. The van der Waals surface area contributed by atoms with Gasteiger partial charge in [-0.3, -0.25) is 4.79 Å². The van der Waals surface area contributed by atoms with Gasteiger partial charge >= 0.3 is 0 Å². The van der Waals surface area contributed by atoms with Crippen LogP contribution >= 0.6 is 0 Å². The molecule has 0 radical (unpaired) electrons. The Bertz CT molecular complexity index is 682. The molecule has 1 aliphatic rings. The summed E-state index contributed by atoms with van der Waals surface area (Å²) >= 11 is 0. The molecule has 1 amide bonds. The van der Waals surface area contributed by atoms with Crippen LogP contribution in [0.25, 0.3) is 0 Å². The van der Waals surface area contributed by atoms with E-state index in [4.69, 9.17) is 14.2 Å². The second kappa shape index (κ2) is 7.15. The molecular weight excluding hydrogens is 294 g/mol. The molecule has 0 saturated carbocycles. The van der Waals surface area contributed by atoms with E-state index in [-0.39, 0.29) is 12.0 Å². The van der Waals surface area contributed by atoms with E-state index in [0.29, 0.717) is 24.5 Å². The number of benzene rings is 2. The summed E-state index contributed by atoms with van der Waals surface area (Å²) in [5.41, 5.74) is 1.44. The van der Waals surface area contributed by atoms with Gasteiger partial charge in [0.05, 0.1) is 19.3 Å². The van der Waals surface area contributed by atoms with Gasteiger partial charge in [-0.05, 0) is 18.2 Å². The number of rotatable bonds is 7. The molecule has 23 heavy (non-hydrogen) atoms. The van der Waals surface area contributed by atoms with Gasteiger partial charge in [0.2, 0.25) is 0 Å². The normalized spacial score (nSPS) is 15.8. The highest BCUT2D eigenvalue weighted by Crippen LogP contribution is 2.21. The van der Waals surface area contributed by atoms with Crippen LogP contribution in [0.4, 0.5) is 0 Å². The van der Waals surface area contributed by atoms with Crippen LogP contribution in [0, 0.1) is 0 Å². The van der Waals surface area contributed by atoms with Crippen LogP contribution < -0.4 is 14.8 Å². The minimum Gasteiger partial charge on any atom is -0.496 e. The van der Waals surface area contributed by atoms with Crippen molar-refractivity contribution < 1.29 is 19.0 Å². The Morgan fingerprint density at radius 3 is 2.61 bits per heavy atom. The Morgan fingerprint density at radius 1 is 1.17 bits per heavy atom. The summed E-state index contributed by atoms with van der Waals surface area (Å²) in [5, 5.41) is 2.90. The molecule has 1 N–H and O–H groups in total. The fraction of sp³-hybridized carbons (Fsp3) is 0.278. The van der Waals surface area contributed by atoms with Crippen LogP contribution in [-0.2, 0) is 11.3 Å². The van der Waals surface area contributed by atoms with E-state index in [2.05, 4.69) is 5.32 Å². The number of ether oxygens (including phenoxy) is 3. The predicted octanol–water partition coefficient (Wildman–Crippen LogP) is 2.40. The first kappa shape index (κ1) is 15.4. The number of para-hydroxylation sites is 2. The lowest BCUT2D eigenvalue weighted by Crippen LogP contribution is -2.24. The van der Waals surface area contributed by atoms with Crippen molar-refractivity contribution in [3.05, 3.63) is 59.7 Å². The highest BCUT2D eigenvalue weighted by Gasteiger charge is 2.24. The fourth-order valence-corrected chi connectivity index (χ4v) is 2.25. The summed E-state index contributed by atoms with van der Waals surface area (Å²) < 4.78 is 16.1. The van der Waals surface area contributed by atoms with Gasteiger partial charge in [-0.1, -0.05) is 30.3 Å². The Labute approximate surface area is 135 Å². The van der Waals surface area contributed by atoms with E-state index in [9.17, 15) is 4.79 Å². The summed E-state index contributed by atoms with van der Waals surface area (Å²) in [6, 6.07) is 14.8. The van der Waals surface area contributed by atoms with Crippen molar-refractivity contribution >= 4 is 5.91 Å². The molecule has 2 aromatic rings. The monoisotopic (exact) mass is 313 g/mol. The summed E-state index contributed by atoms with van der Waals surface area (Å²) in [6.07, 6.45) is 0.152. The van der Waals surface area contributed by atoms with E-state index >= 15 is 0 Å². The van der Waals surface area contributed by atoms with Gasteiger partial charge in [0.15, 0.2) is 0 Å². The van der Waals surface area contributed by atoms with Crippen molar-refractivity contribution in [1.29, 1.82) is 0 Å². The highest BCUT2D eigenvalue weighted by molar-refractivity contribution is 5.96. The standard InChI is InChI=1S/C18H19NO4/c1-21-16-8-4-2-6-13(16)10-19-18(20)15-7-3-5-9-17(15)23-12-14-11-22-14/h2-9,14H,10-12H2,1H3,(H,19,20). The van der Waals surface area contributed by atoms with Crippen LogP contribution in [0.1, 0.15) is 15.9 Å². The maximum atomic E-state index is 12.4. The van der Waals surface area contributed by atoms with Gasteiger partial charge in [0.1, 0.15) is 24.2 Å². The molecular formula is C18H19NO4. The Hall–Kier alpha value is -2.53. The summed E-state index contributed by atoms with van der Waals surface area (Å²) in [4.78, 5) is 12.4. The SMILES string of the molecule is COc1ccccc1CNC(=O)c1ccccc1OCC1CO1. The van der Waals surface area contributed by atoms with E-state index in [1.54, 1.807) is 19.2 Å². The minimum atomic E-state index is -0.178. The lowest BCUT2D eigenvalue weighted by Gasteiger charge is -2.12. The van der Waals surface area contributed by atoms with Crippen LogP contribution in [0.5, 0.6) is 11.5 Å².